The Bertz CT molecular complexity index is 909. The van der Waals surface area contributed by atoms with Gasteiger partial charge < -0.3 is 30.3 Å². The number of ether oxygens (including phenoxy) is 1. The zero-order valence-electron chi connectivity index (χ0n) is 16.8. The van der Waals surface area contributed by atoms with E-state index in [0.717, 1.165) is 11.6 Å². The van der Waals surface area contributed by atoms with Crippen LogP contribution in [0.1, 0.15) is 23.6 Å². The molecule has 3 rings (SSSR count). The maximum atomic E-state index is 15.2. The van der Waals surface area contributed by atoms with Crippen molar-refractivity contribution in [2.75, 3.05) is 13.2 Å². The third kappa shape index (κ3) is 4.04. The first-order chi connectivity index (χ1) is 14.6. The third-order valence-electron chi connectivity index (χ3n) is 5.80. The van der Waals surface area contributed by atoms with Crippen molar-refractivity contribution >= 4 is 11.6 Å². The molecule has 0 heterocycles. The van der Waals surface area contributed by atoms with Gasteiger partial charge in [-0.15, -0.1) is 0 Å². The highest BCUT2D eigenvalue weighted by atomic mass is 35.5. The van der Waals surface area contributed by atoms with Crippen molar-refractivity contribution in [2.24, 2.45) is 5.92 Å². The fraction of sp³-hybridized carbons (Fsp3) is 0.455. The number of benzene rings is 2. The van der Waals surface area contributed by atoms with Crippen molar-refractivity contribution in [3.8, 4) is 5.75 Å². The summed E-state index contributed by atoms with van der Waals surface area (Å²) in [5.74, 6) is -5.65. The van der Waals surface area contributed by atoms with Crippen LogP contribution in [0.2, 0.25) is 5.02 Å². The van der Waals surface area contributed by atoms with Crippen molar-refractivity contribution < 1.29 is 39.1 Å². The highest BCUT2D eigenvalue weighted by Gasteiger charge is 2.70. The quantitative estimate of drug-likeness (QED) is 0.452. The molecule has 31 heavy (non-hydrogen) atoms. The van der Waals surface area contributed by atoms with E-state index in [9.17, 15) is 25.5 Å². The van der Waals surface area contributed by atoms with Gasteiger partial charge in [0.25, 0.3) is 5.92 Å². The second kappa shape index (κ2) is 8.97. The summed E-state index contributed by atoms with van der Waals surface area (Å²) in [6.45, 7) is 1.17. The molecule has 1 fully saturated rings. The van der Waals surface area contributed by atoms with Crippen LogP contribution in [-0.2, 0) is 12.0 Å². The molecule has 170 valence electrons. The minimum Gasteiger partial charge on any atom is -0.494 e. The van der Waals surface area contributed by atoms with E-state index in [0.29, 0.717) is 17.9 Å². The van der Waals surface area contributed by atoms with Crippen LogP contribution in [0.3, 0.4) is 0 Å². The van der Waals surface area contributed by atoms with Crippen LogP contribution in [0.25, 0.3) is 0 Å². The van der Waals surface area contributed by atoms with Gasteiger partial charge in [-0.3, -0.25) is 0 Å². The summed E-state index contributed by atoms with van der Waals surface area (Å²) in [4.78, 5) is 0. The van der Waals surface area contributed by atoms with Crippen molar-refractivity contribution in [2.45, 2.75) is 43.2 Å². The molecule has 5 N–H and O–H groups in total. The monoisotopic (exact) mass is 458 g/mol. The van der Waals surface area contributed by atoms with Crippen LogP contribution >= 0.6 is 11.6 Å². The summed E-state index contributed by atoms with van der Waals surface area (Å²) < 4.78 is 35.7. The number of alkyl halides is 2. The van der Waals surface area contributed by atoms with Crippen molar-refractivity contribution in [3.05, 3.63) is 64.2 Å². The van der Waals surface area contributed by atoms with E-state index >= 15 is 8.78 Å². The van der Waals surface area contributed by atoms with E-state index in [1.165, 1.54) is 12.1 Å². The van der Waals surface area contributed by atoms with Gasteiger partial charge in [0.1, 0.15) is 18.0 Å². The molecule has 6 nitrogen and oxygen atoms in total. The van der Waals surface area contributed by atoms with Gasteiger partial charge in [-0.25, -0.2) is 8.78 Å². The molecule has 1 aliphatic rings. The summed E-state index contributed by atoms with van der Waals surface area (Å²) in [6.07, 6.45) is -6.37. The van der Waals surface area contributed by atoms with Crippen LogP contribution in [0, 0.1) is 5.92 Å². The van der Waals surface area contributed by atoms with Gasteiger partial charge >= 0.3 is 0 Å². The Morgan fingerprint density at radius 3 is 2.26 bits per heavy atom. The van der Waals surface area contributed by atoms with Gasteiger partial charge in [0, 0.05) is 5.02 Å². The Balaban J connectivity index is 2.00. The molecule has 2 aromatic rings. The van der Waals surface area contributed by atoms with Gasteiger partial charge in [0.15, 0.2) is 5.60 Å². The van der Waals surface area contributed by atoms with Gasteiger partial charge in [0.05, 0.1) is 25.2 Å². The Labute approximate surface area is 183 Å². The van der Waals surface area contributed by atoms with E-state index in [1.807, 2.05) is 6.92 Å². The van der Waals surface area contributed by atoms with Crippen LogP contribution in [0.15, 0.2) is 42.5 Å². The van der Waals surface area contributed by atoms with Crippen molar-refractivity contribution in [1.82, 2.24) is 0 Å². The molecule has 0 aromatic heterocycles. The standard InChI is InChI=1S/C22H25ClF2O6/c1-2-31-15-6-3-12(4-7-15)9-13-10-14(5-8-17(13)23)21(30)20(29)19(28)18(27)16(11-26)22(21,24)25/h3-8,10,16,18-20,26-30H,2,9,11H2,1H3/t16-,18-,19+,20-,21?/m1/s1. The van der Waals surface area contributed by atoms with E-state index in [-0.39, 0.29) is 17.0 Å². The predicted molar refractivity (Wildman–Crippen MR) is 109 cm³/mol. The highest BCUT2D eigenvalue weighted by molar-refractivity contribution is 6.31. The molecular weight excluding hydrogens is 434 g/mol. The zero-order valence-corrected chi connectivity index (χ0v) is 17.5. The van der Waals surface area contributed by atoms with E-state index in [2.05, 4.69) is 0 Å². The molecule has 0 aliphatic heterocycles. The summed E-state index contributed by atoms with van der Waals surface area (Å²) in [5, 5.41) is 50.9. The topological polar surface area (TPSA) is 110 Å². The summed E-state index contributed by atoms with van der Waals surface area (Å²) in [6, 6.07) is 10.8. The fourth-order valence-corrected chi connectivity index (χ4v) is 4.17. The average Bonchev–Trinajstić information content (AvgIpc) is 2.74. The summed E-state index contributed by atoms with van der Waals surface area (Å²) in [7, 11) is 0. The lowest BCUT2D eigenvalue weighted by Crippen LogP contribution is -2.70. The molecule has 1 saturated carbocycles. The fourth-order valence-electron chi connectivity index (χ4n) is 3.99. The summed E-state index contributed by atoms with van der Waals surface area (Å²) in [5.41, 5.74) is -2.44. The Morgan fingerprint density at radius 1 is 1.03 bits per heavy atom. The first kappa shape index (κ1) is 23.8. The first-order valence-electron chi connectivity index (χ1n) is 9.83. The van der Waals surface area contributed by atoms with E-state index in [4.69, 9.17) is 16.3 Å². The Morgan fingerprint density at radius 2 is 1.68 bits per heavy atom. The summed E-state index contributed by atoms with van der Waals surface area (Å²) >= 11 is 6.24. The van der Waals surface area contributed by atoms with Gasteiger partial charge in [-0.1, -0.05) is 35.9 Å². The minimum atomic E-state index is -4.15. The van der Waals surface area contributed by atoms with Gasteiger partial charge in [-0.05, 0) is 48.2 Å². The lowest BCUT2D eigenvalue weighted by atomic mass is 9.66. The smallest absolute Gasteiger partial charge is 0.290 e. The largest absolute Gasteiger partial charge is 0.494 e. The number of hydrogen-bond donors (Lipinski definition) is 5. The van der Waals surface area contributed by atoms with Gasteiger partial charge in [0.2, 0.25) is 0 Å². The molecule has 0 radical (unpaired) electrons. The predicted octanol–water partition coefficient (Wildman–Crippen LogP) is 1.86. The van der Waals surface area contributed by atoms with E-state index in [1.54, 1.807) is 24.3 Å². The number of rotatable bonds is 6. The average molecular weight is 459 g/mol. The molecule has 2 aromatic carbocycles. The number of aliphatic hydroxyl groups is 5. The molecule has 0 bridgehead atoms. The lowest BCUT2D eigenvalue weighted by molar-refractivity contribution is -0.328. The second-order valence-electron chi connectivity index (χ2n) is 7.66. The normalized spacial score (nSPS) is 30.2. The first-order valence-corrected chi connectivity index (χ1v) is 10.2. The molecular formula is C22H25ClF2O6. The lowest BCUT2D eigenvalue weighted by Gasteiger charge is -2.51. The van der Waals surface area contributed by atoms with Crippen LogP contribution in [-0.4, -0.2) is 63.0 Å². The van der Waals surface area contributed by atoms with Crippen LogP contribution in [0.4, 0.5) is 8.78 Å². The minimum absolute atomic E-state index is 0.242. The zero-order chi connectivity index (χ0) is 23.0. The highest BCUT2D eigenvalue weighted by Crippen LogP contribution is 2.51. The maximum Gasteiger partial charge on any atom is 0.290 e. The molecule has 0 saturated heterocycles. The molecule has 1 aliphatic carbocycles. The number of aliphatic hydroxyl groups excluding tert-OH is 4. The molecule has 1 unspecified atom stereocenters. The van der Waals surface area contributed by atoms with Gasteiger partial charge in [-0.2, -0.15) is 0 Å². The molecule has 0 amide bonds. The number of halogens is 3. The Kier molecular flexibility index (Phi) is 6.90. The molecule has 0 spiro atoms. The molecule has 5 atom stereocenters. The SMILES string of the molecule is CCOc1ccc(Cc2cc(C3(O)[C@H](O)[C@@H](O)[C@H](O)[C@@H](CO)C3(F)F)ccc2Cl)cc1. The third-order valence-corrected chi connectivity index (χ3v) is 6.17. The number of hydrogen-bond acceptors (Lipinski definition) is 6. The maximum absolute atomic E-state index is 15.2. The van der Waals surface area contributed by atoms with Crippen molar-refractivity contribution in [1.29, 1.82) is 0 Å². The van der Waals surface area contributed by atoms with Crippen LogP contribution in [0.5, 0.6) is 5.75 Å². The molecule has 9 heteroatoms. The van der Waals surface area contributed by atoms with Crippen molar-refractivity contribution in [3.63, 3.8) is 0 Å². The second-order valence-corrected chi connectivity index (χ2v) is 8.07. The Hall–Kier alpha value is -1.81. The van der Waals surface area contributed by atoms with Crippen LogP contribution < -0.4 is 4.74 Å². The van der Waals surface area contributed by atoms with E-state index < -0.39 is 42.4 Å².